The molecule has 2 aliphatic carbocycles. The first-order chi connectivity index (χ1) is 16.6. The molecule has 7 heteroatoms. The number of ether oxygens (including phenoxy) is 1. The Hall–Kier alpha value is -2.80. The Bertz CT molecular complexity index is 1210. The number of likely N-dealkylation sites (tertiary alicyclic amines) is 1. The van der Waals surface area contributed by atoms with Crippen molar-refractivity contribution in [3.8, 4) is 5.69 Å². The summed E-state index contributed by atoms with van der Waals surface area (Å²) in [6.45, 7) is 3.40. The fraction of sp³-hybridized carbons (Fsp3) is 0.519. The Morgan fingerprint density at radius 2 is 1.79 bits per heavy atom. The standard InChI is InChI=1S/C27H31FN4O2/c1-34-27(33)23-15-22(18-11-13-31(14-12-18)16-17-5-6-17)24-25(19-3-2-4-19)30-32(26(24)29-23)21-9-7-20(28)8-10-21/h7-10,15,17-19H,2-6,11-14,16H2,1H3. The average Bonchev–Trinajstić information content (AvgIpc) is 3.57. The molecule has 0 unspecified atom stereocenters. The van der Waals surface area contributed by atoms with Crippen LogP contribution in [0.3, 0.4) is 0 Å². The number of esters is 1. The maximum absolute atomic E-state index is 13.6. The predicted octanol–water partition coefficient (Wildman–Crippen LogP) is 5.20. The number of halogens is 1. The van der Waals surface area contributed by atoms with Gasteiger partial charge >= 0.3 is 5.97 Å². The van der Waals surface area contributed by atoms with Gasteiger partial charge in [0.25, 0.3) is 0 Å². The van der Waals surface area contributed by atoms with Crippen LogP contribution >= 0.6 is 0 Å². The Morgan fingerprint density at radius 1 is 1.06 bits per heavy atom. The van der Waals surface area contributed by atoms with E-state index >= 15 is 0 Å². The van der Waals surface area contributed by atoms with Crippen LogP contribution in [0, 0.1) is 11.7 Å². The molecule has 1 saturated heterocycles. The molecule has 3 aliphatic rings. The molecule has 3 heterocycles. The van der Waals surface area contributed by atoms with Gasteiger partial charge in [0.15, 0.2) is 11.3 Å². The van der Waals surface area contributed by atoms with Crippen molar-refractivity contribution < 1.29 is 13.9 Å². The van der Waals surface area contributed by atoms with E-state index < -0.39 is 5.97 Å². The first-order valence-corrected chi connectivity index (χ1v) is 12.6. The molecule has 2 saturated carbocycles. The van der Waals surface area contributed by atoms with Crippen LogP contribution in [0.1, 0.15) is 78.5 Å². The number of carbonyl (C=O) groups is 1. The number of piperidine rings is 1. The van der Waals surface area contributed by atoms with Crippen molar-refractivity contribution in [1.29, 1.82) is 0 Å². The highest BCUT2D eigenvalue weighted by Crippen LogP contribution is 2.43. The minimum atomic E-state index is -0.439. The fourth-order valence-electron chi connectivity index (χ4n) is 5.52. The summed E-state index contributed by atoms with van der Waals surface area (Å²) in [5.74, 6) is 0.930. The van der Waals surface area contributed by atoms with Crippen molar-refractivity contribution in [3.63, 3.8) is 0 Å². The number of benzene rings is 1. The first kappa shape index (κ1) is 21.7. The molecule has 0 bridgehead atoms. The van der Waals surface area contributed by atoms with Crippen LogP contribution in [-0.2, 0) is 4.74 Å². The van der Waals surface area contributed by atoms with Gasteiger partial charge in [-0.15, -0.1) is 0 Å². The summed E-state index contributed by atoms with van der Waals surface area (Å²) in [5.41, 5.74) is 3.98. The molecule has 3 fully saturated rings. The summed E-state index contributed by atoms with van der Waals surface area (Å²) in [5, 5.41) is 6.11. The van der Waals surface area contributed by atoms with E-state index in [1.165, 1.54) is 50.6 Å². The van der Waals surface area contributed by atoms with E-state index in [1.54, 1.807) is 16.8 Å². The molecule has 6 nitrogen and oxygen atoms in total. The maximum Gasteiger partial charge on any atom is 0.356 e. The number of methoxy groups -OCH3 is 1. The fourth-order valence-corrected chi connectivity index (χ4v) is 5.52. The summed E-state index contributed by atoms with van der Waals surface area (Å²) in [7, 11) is 1.39. The van der Waals surface area contributed by atoms with Crippen LogP contribution in [-0.4, -0.2) is 52.4 Å². The molecule has 178 valence electrons. The minimum absolute atomic E-state index is 0.290. The van der Waals surface area contributed by atoms with Gasteiger partial charge in [-0.05, 0) is 99.3 Å². The van der Waals surface area contributed by atoms with Crippen LogP contribution in [0.2, 0.25) is 0 Å². The van der Waals surface area contributed by atoms with Gasteiger partial charge in [0.2, 0.25) is 0 Å². The highest BCUT2D eigenvalue weighted by molar-refractivity contribution is 5.93. The number of hydrogen-bond acceptors (Lipinski definition) is 5. The van der Waals surface area contributed by atoms with Crippen molar-refractivity contribution in [1.82, 2.24) is 19.7 Å². The van der Waals surface area contributed by atoms with Gasteiger partial charge in [0.05, 0.1) is 18.5 Å². The van der Waals surface area contributed by atoms with Crippen molar-refractivity contribution in [2.75, 3.05) is 26.7 Å². The number of hydrogen-bond donors (Lipinski definition) is 0. The maximum atomic E-state index is 13.6. The molecule has 3 aromatic rings. The second-order valence-corrected chi connectivity index (χ2v) is 10.2. The summed E-state index contributed by atoms with van der Waals surface area (Å²) in [6, 6.07) is 8.26. The van der Waals surface area contributed by atoms with E-state index in [0.29, 0.717) is 23.2 Å². The largest absolute Gasteiger partial charge is 0.464 e. The van der Waals surface area contributed by atoms with Crippen molar-refractivity contribution in [2.45, 2.75) is 56.8 Å². The van der Waals surface area contributed by atoms with E-state index in [1.807, 2.05) is 6.07 Å². The third-order valence-corrected chi connectivity index (χ3v) is 7.89. The van der Waals surface area contributed by atoms with Crippen molar-refractivity contribution >= 4 is 17.0 Å². The lowest BCUT2D eigenvalue weighted by Crippen LogP contribution is -2.34. The Balaban J connectivity index is 1.47. The number of aromatic nitrogens is 3. The van der Waals surface area contributed by atoms with Crippen molar-refractivity contribution in [2.24, 2.45) is 5.92 Å². The number of fused-ring (bicyclic) bond motifs is 1. The Labute approximate surface area is 199 Å². The smallest absolute Gasteiger partial charge is 0.356 e. The average molecular weight is 463 g/mol. The zero-order valence-corrected chi connectivity index (χ0v) is 19.7. The molecule has 1 aromatic carbocycles. The van der Waals surface area contributed by atoms with E-state index in [2.05, 4.69) is 4.90 Å². The molecular weight excluding hydrogens is 431 g/mol. The summed E-state index contributed by atoms with van der Waals surface area (Å²) in [4.78, 5) is 19.9. The molecule has 0 radical (unpaired) electrons. The summed E-state index contributed by atoms with van der Waals surface area (Å²) in [6.07, 6.45) is 8.33. The number of nitrogens with zero attached hydrogens (tertiary/aromatic N) is 4. The second-order valence-electron chi connectivity index (χ2n) is 10.2. The van der Waals surface area contributed by atoms with Gasteiger partial charge in [-0.25, -0.2) is 18.9 Å². The molecule has 6 rings (SSSR count). The number of rotatable bonds is 6. The molecule has 0 N–H and O–H groups in total. The predicted molar refractivity (Wildman–Crippen MR) is 128 cm³/mol. The lowest BCUT2D eigenvalue weighted by Gasteiger charge is -2.33. The van der Waals surface area contributed by atoms with Gasteiger partial charge in [-0.1, -0.05) is 6.42 Å². The molecule has 0 spiro atoms. The topological polar surface area (TPSA) is 60.2 Å². The monoisotopic (exact) mass is 462 g/mol. The van der Waals surface area contributed by atoms with Crippen LogP contribution < -0.4 is 0 Å². The molecule has 0 amide bonds. The van der Waals surface area contributed by atoms with Gasteiger partial charge in [0.1, 0.15) is 5.82 Å². The van der Waals surface area contributed by atoms with Gasteiger partial charge in [-0.3, -0.25) is 0 Å². The van der Waals surface area contributed by atoms with Crippen LogP contribution in [0.25, 0.3) is 16.7 Å². The van der Waals surface area contributed by atoms with E-state index in [9.17, 15) is 9.18 Å². The lowest BCUT2D eigenvalue weighted by molar-refractivity contribution is 0.0594. The first-order valence-electron chi connectivity index (χ1n) is 12.6. The minimum Gasteiger partial charge on any atom is -0.464 e. The molecule has 2 aromatic heterocycles. The SMILES string of the molecule is COC(=O)c1cc(C2CCN(CC3CC3)CC2)c2c(C3CCC3)nn(-c3ccc(F)cc3)c2n1. The third kappa shape index (κ3) is 4.00. The Kier molecular flexibility index (Phi) is 5.60. The van der Waals surface area contributed by atoms with E-state index in [-0.39, 0.29) is 5.82 Å². The van der Waals surface area contributed by atoms with Crippen molar-refractivity contribution in [3.05, 3.63) is 53.1 Å². The number of carbonyl (C=O) groups excluding carboxylic acids is 1. The molecule has 34 heavy (non-hydrogen) atoms. The second kappa shape index (κ2) is 8.77. The molecule has 1 aliphatic heterocycles. The Morgan fingerprint density at radius 3 is 2.41 bits per heavy atom. The van der Waals surface area contributed by atoms with Gasteiger partial charge in [0, 0.05) is 17.8 Å². The highest BCUT2D eigenvalue weighted by Gasteiger charge is 2.33. The third-order valence-electron chi connectivity index (χ3n) is 7.89. The van der Waals surface area contributed by atoms with E-state index in [4.69, 9.17) is 14.8 Å². The van der Waals surface area contributed by atoms with Crippen LogP contribution in [0.15, 0.2) is 30.3 Å². The van der Waals surface area contributed by atoms with Gasteiger partial charge in [-0.2, -0.15) is 5.10 Å². The number of pyridine rings is 1. The highest BCUT2D eigenvalue weighted by atomic mass is 19.1. The molecule has 0 atom stereocenters. The summed E-state index contributed by atoms with van der Waals surface area (Å²) >= 11 is 0. The molecular formula is C27H31FN4O2. The zero-order valence-electron chi connectivity index (χ0n) is 19.7. The van der Waals surface area contributed by atoms with Crippen LogP contribution in [0.5, 0.6) is 0 Å². The quantitative estimate of drug-likeness (QED) is 0.471. The zero-order chi connectivity index (χ0) is 23.2. The van der Waals surface area contributed by atoms with E-state index in [0.717, 1.165) is 61.5 Å². The lowest BCUT2D eigenvalue weighted by atomic mass is 9.79. The van der Waals surface area contributed by atoms with Crippen LogP contribution in [0.4, 0.5) is 4.39 Å². The normalized spacial score (nSPS) is 19.9. The van der Waals surface area contributed by atoms with Gasteiger partial charge < -0.3 is 9.64 Å². The summed E-state index contributed by atoms with van der Waals surface area (Å²) < 4.78 is 20.5.